The van der Waals surface area contributed by atoms with E-state index in [0.29, 0.717) is 0 Å². The van der Waals surface area contributed by atoms with Crippen LogP contribution in [0.15, 0.2) is 146 Å². The van der Waals surface area contributed by atoms with Crippen LogP contribution in [0.5, 0.6) is 0 Å². The van der Waals surface area contributed by atoms with Gasteiger partial charge in [-0.3, -0.25) is 0 Å². The molecule has 0 saturated heterocycles. The third-order valence-corrected chi connectivity index (χ3v) is 8.61. The van der Waals surface area contributed by atoms with Crippen LogP contribution >= 0.6 is 11.6 Å². The maximum absolute atomic E-state index is 6.13. The minimum atomic E-state index is -0.0663. The van der Waals surface area contributed by atoms with E-state index in [1.807, 2.05) is 12.1 Å². The van der Waals surface area contributed by atoms with Gasteiger partial charge in [-0.2, -0.15) is 0 Å². The van der Waals surface area contributed by atoms with Gasteiger partial charge in [-0.15, -0.1) is 0 Å². The van der Waals surface area contributed by atoms with Gasteiger partial charge in [0.1, 0.15) is 0 Å². The lowest BCUT2D eigenvalue weighted by molar-refractivity contribution is 0.660. The number of hydrogen-bond donors (Lipinski definition) is 0. The van der Waals surface area contributed by atoms with Crippen LogP contribution < -0.4 is 4.90 Å². The molecule has 0 bridgehead atoms. The number of rotatable bonds is 5. The number of fused-ring (bicyclic) bond motifs is 3. The van der Waals surface area contributed by atoms with Crippen LogP contribution in [-0.2, 0) is 5.41 Å². The van der Waals surface area contributed by atoms with E-state index in [1.54, 1.807) is 0 Å². The van der Waals surface area contributed by atoms with E-state index in [1.165, 1.54) is 33.4 Å². The molecule has 1 aliphatic rings. The molecule has 0 amide bonds. The summed E-state index contributed by atoms with van der Waals surface area (Å²) in [6.07, 6.45) is 0. The molecule has 0 spiro atoms. The van der Waals surface area contributed by atoms with Crippen molar-refractivity contribution in [2.45, 2.75) is 19.3 Å². The normalized spacial score (nSPS) is 13.0. The summed E-state index contributed by atoms with van der Waals surface area (Å²) in [5, 5.41) is 0.747. The molecule has 0 fully saturated rings. The second-order valence-corrected chi connectivity index (χ2v) is 11.6. The second kappa shape index (κ2) is 10.1. The molecular weight excluding hydrogens is 518 g/mol. The fourth-order valence-corrected chi connectivity index (χ4v) is 6.28. The van der Waals surface area contributed by atoms with E-state index >= 15 is 0 Å². The van der Waals surface area contributed by atoms with E-state index < -0.39 is 0 Å². The van der Waals surface area contributed by atoms with Crippen LogP contribution in [0, 0.1) is 0 Å². The van der Waals surface area contributed by atoms with E-state index in [4.69, 9.17) is 11.6 Å². The Labute approximate surface area is 247 Å². The summed E-state index contributed by atoms with van der Waals surface area (Å²) >= 11 is 6.13. The first-order valence-electron chi connectivity index (χ1n) is 14.0. The van der Waals surface area contributed by atoms with Gasteiger partial charge in [0.25, 0.3) is 0 Å². The molecule has 0 unspecified atom stereocenters. The van der Waals surface area contributed by atoms with Crippen molar-refractivity contribution in [3.63, 3.8) is 0 Å². The average Bonchev–Trinajstić information content (AvgIpc) is 3.25. The van der Waals surface area contributed by atoms with Gasteiger partial charge >= 0.3 is 0 Å². The van der Waals surface area contributed by atoms with Gasteiger partial charge in [0, 0.05) is 27.5 Å². The fraction of sp³-hybridized carbons (Fsp3) is 0.0769. The summed E-state index contributed by atoms with van der Waals surface area (Å²) in [4.78, 5) is 2.36. The molecule has 0 heterocycles. The summed E-state index contributed by atoms with van der Waals surface area (Å²) in [7, 11) is 0. The molecule has 6 aromatic rings. The summed E-state index contributed by atoms with van der Waals surface area (Å²) < 4.78 is 0. The Kier molecular flexibility index (Phi) is 6.26. The molecule has 0 saturated carbocycles. The molecule has 2 heteroatoms. The first kappa shape index (κ1) is 25.4. The SMILES string of the molecule is CC1(C)c2ccccc2-c2ccc(N(c3ccc(-c4ccccc4)cc3)c3ccc(-c4ccc(Cl)cc4)cc3)cc21. The van der Waals surface area contributed by atoms with Crippen molar-refractivity contribution >= 4 is 28.7 Å². The van der Waals surface area contributed by atoms with E-state index in [-0.39, 0.29) is 5.41 Å². The topological polar surface area (TPSA) is 3.24 Å². The number of benzene rings is 6. The van der Waals surface area contributed by atoms with E-state index in [2.05, 4.69) is 152 Å². The molecule has 1 aliphatic carbocycles. The van der Waals surface area contributed by atoms with Gasteiger partial charge in [0.05, 0.1) is 0 Å². The molecule has 0 N–H and O–H groups in total. The third kappa shape index (κ3) is 4.53. The van der Waals surface area contributed by atoms with Gasteiger partial charge in [0.15, 0.2) is 0 Å². The van der Waals surface area contributed by atoms with Crippen molar-refractivity contribution in [2.24, 2.45) is 0 Å². The lowest BCUT2D eigenvalue weighted by Gasteiger charge is -2.28. The van der Waals surface area contributed by atoms with Gasteiger partial charge in [0.2, 0.25) is 0 Å². The van der Waals surface area contributed by atoms with Crippen molar-refractivity contribution in [3.8, 4) is 33.4 Å². The first-order valence-corrected chi connectivity index (χ1v) is 14.4. The van der Waals surface area contributed by atoms with Gasteiger partial charge in [-0.1, -0.05) is 123 Å². The largest absolute Gasteiger partial charge is 0.310 e. The second-order valence-electron chi connectivity index (χ2n) is 11.2. The van der Waals surface area contributed by atoms with Crippen molar-refractivity contribution in [3.05, 3.63) is 162 Å². The summed E-state index contributed by atoms with van der Waals surface area (Å²) in [5.74, 6) is 0. The molecular formula is C39H30ClN. The van der Waals surface area contributed by atoms with Crippen LogP contribution in [0.2, 0.25) is 5.02 Å². The Morgan fingerprint density at radius 3 is 1.51 bits per heavy atom. The predicted octanol–water partition coefficient (Wildman–Crippen LogP) is 11.5. The highest BCUT2D eigenvalue weighted by Crippen LogP contribution is 2.50. The van der Waals surface area contributed by atoms with Crippen LogP contribution in [0.3, 0.4) is 0 Å². The molecule has 0 aliphatic heterocycles. The number of anilines is 3. The van der Waals surface area contributed by atoms with Gasteiger partial charge in [-0.25, -0.2) is 0 Å². The Hall–Kier alpha value is -4.59. The summed E-state index contributed by atoms with van der Waals surface area (Å²) in [6, 6.07) is 52.0. The average molecular weight is 548 g/mol. The first-order chi connectivity index (χ1) is 20.0. The monoisotopic (exact) mass is 547 g/mol. The molecule has 198 valence electrons. The van der Waals surface area contributed by atoms with Crippen molar-refractivity contribution in [2.75, 3.05) is 4.90 Å². The van der Waals surface area contributed by atoms with Crippen LogP contribution in [0.4, 0.5) is 17.1 Å². The van der Waals surface area contributed by atoms with Crippen LogP contribution in [0.1, 0.15) is 25.0 Å². The maximum atomic E-state index is 6.13. The Bertz CT molecular complexity index is 1830. The van der Waals surface area contributed by atoms with E-state index in [9.17, 15) is 0 Å². The molecule has 41 heavy (non-hydrogen) atoms. The maximum Gasteiger partial charge on any atom is 0.0465 e. The molecule has 0 radical (unpaired) electrons. The Balaban J connectivity index is 1.33. The molecule has 6 aromatic carbocycles. The molecule has 1 nitrogen and oxygen atoms in total. The predicted molar refractivity (Wildman–Crippen MR) is 175 cm³/mol. The van der Waals surface area contributed by atoms with Crippen molar-refractivity contribution in [1.82, 2.24) is 0 Å². The zero-order valence-electron chi connectivity index (χ0n) is 23.2. The highest BCUT2D eigenvalue weighted by molar-refractivity contribution is 6.30. The standard InChI is InChI=1S/C39H30ClN/c1-39(2)37-11-7-6-10-35(37)36-25-24-34(26-38(36)39)41(32-20-14-29(15-21-32)27-8-4-3-5-9-27)33-22-16-30(17-23-33)28-12-18-31(40)19-13-28/h3-26H,1-2H3. The summed E-state index contributed by atoms with van der Waals surface area (Å²) in [6.45, 7) is 4.67. The lowest BCUT2D eigenvalue weighted by atomic mass is 9.82. The Morgan fingerprint density at radius 2 is 0.902 bits per heavy atom. The van der Waals surface area contributed by atoms with Gasteiger partial charge in [-0.05, 0) is 93.0 Å². The summed E-state index contributed by atoms with van der Waals surface area (Å²) in [5.41, 5.74) is 13.5. The van der Waals surface area contributed by atoms with Gasteiger partial charge < -0.3 is 4.90 Å². The van der Waals surface area contributed by atoms with Crippen LogP contribution in [0.25, 0.3) is 33.4 Å². The highest BCUT2D eigenvalue weighted by atomic mass is 35.5. The molecule has 0 atom stereocenters. The van der Waals surface area contributed by atoms with Crippen molar-refractivity contribution in [1.29, 1.82) is 0 Å². The number of nitrogens with zero attached hydrogens (tertiary/aromatic N) is 1. The zero-order chi connectivity index (χ0) is 28.0. The van der Waals surface area contributed by atoms with Crippen LogP contribution in [-0.4, -0.2) is 0 Å². The fourth-order valence-electron chi connectivity index (χ4n) is 6.16. The minimum Gasteiger partial charge on any atom is -0.310 e. The molecule has 0 aromatic heterocycles. The lowest BCUT2D eigenvalue weighted by Crippen LogP contribution is -2.16. The Morgan fingerprint density at radius 1 is 0.439 bits per heavy atom. The van der Waals surface area contributed by atoms with Crippen molar-refractivity contribution < 1.29 is 0 Å². The number of halogens is 1. The van der Waals surface area contributed by atoms with E-state index in [0.717, 1.165) is 33.2 Å². The minimum absolute atomic E-state index is 0.0663. The highest BCUT2D eigenvalue weighted by Gasteiger charge is 2.35. The molecule has 7 rings (SSSR count). The smallest absolute Gasteiger partial charge is 0.0465 e. The number of hydrogen-bond acceptors (Lipinski definition) is 1. The quantitative estimate of drug-likeness (QED) is 0.207. The third-order valence-electron chi connectivity index (χ3n) is 8.36. The zero-order valence-corrected chi connectivity index (χ0v) is 23.9.